The summed E-state index contributed by atoms with van der Waals surface area (Å²) in [5, 5.41) is 13.2. The number of aryl methyl sites for hydroxylation is 2. The van der Waals surface area contributed by atoms with Gasteiger partial charge in [-0.1, -0.05) is 29.5 Å². The number of carbonyl (C=O) groups is 2. The molecule has 2 aromatic carbocycles. The molecule has 0 atom stereocenters. The number of hydrogen-bond donors (Lipinski definition) is 2. The largest absolute Gasteiger partial charge is 0.324 e. The van der Waals surface area contributed by atoms with E-state index in [-0.39, 0.29) is 18.1 Å². The lowest BCUT2D eigenvalue weighted by Crippen LogP contribution is -2.21. The molecule has 0 aliphatic heterocycles. The van der Waals surface area contributed by atoms with Crippen molar-refractivity contribution in [2.45, 2.75) is 27.3 Å². The van der Waals surface area contributed by atoms with Gasteiger partial charge in [-0.3, -0.25) is 9.59 Å². The molecule has 3 rings (SSSR count). The third-order valence-electron chi connectivity index (χ3n) is 4.36. The summed E-state index contributed by atoms with van der Waals surface area (Å²) < 4.78 is 14.8. The molecule has 144 valence electrons. The summed E-state index contributed by atoms with van der Waals surface area (Å²) in [5.74, 6) is -1.25. The minimum Gasteiger partial charge on any atom is -0.324 e. The van der Waals surface area contributed by atoms with Crippen LogP contribution < -0.4 is 10.6 Å². The molecule has 0 radical (unpaired) electrons. The monoisotopic (exact) mass is 381 g/mol. The highest BCUT2D eigenvalue weighted by Gasteiger charge is 2.19. The predicted octanol–water partition coefficient (Wildman–Crippen LogP) is 3.23. The molecule has 28 heavy (non-hydrogen) atoms. The first-order chi connectivity index (χ1) is 13.3. The van der Waals surface area contributed by atoms with Gasteiger partial charge in [0, 0.05) is 11.4 Å². The number of nitrogens with zero attached hydrogens (tertiary/aromatic N) is 3. The third-order valence-corrected chi connectivity index (χ3v) is 4.36. The normalized spacial score (nSPS) is 10.6. The Kier molecular flexibility index (Phi) is 5.49. The molecule has 2 amide bonds. The van der Waals surface area contributed by atoms with Gasteiger partial charge in [0.2, 0.25) is 5.91 Å². The Morgan fingerprint density at radius 3 is 2.46 bits per heavy atom. The predicted molar refractivity (Wildman–Crippen MR) is 104 cm³/mol. The Labute approximate surface area is 161 Å². The zero-order valence-electron chi connectivity index (χ0n) is 15.8. The lowest BCUT2D eigenvalue weighted by molar-refractivity contribution is -0.117. The number of nitrogens with one attached hydrogen (secondary N) is 2. The minimum atomic E-state index is -0.517. The van der Waals surface area contributed by atoms with Crippen molar-refractivity contribution in [1.82, 2.24) is 15.0 Å². The van der Waals surface area contributed by atoms with Crippen molar-refractivity contribution < 1.29 is 14.0 Å². The summed E-state index contributed by atoms with van der Waals surface area (Å²) >= 11 is 0. The minimum absolute atomic E-state index is 0.0763. The van der Waals surface area contributed by atoms with E-state index in [2.05, 4.69) is 20.9 Å². The Morgan fingerprint density at radius 2 is 1.71 bits per heavy atom. The molecular formula is C20H20FN5O2. The van der Waals surface area contributed by atoms with E-state index in [9.17, 15) is 14.0 Å². The maximum absolute atomic E-state index is 13.4. The summed E-state index contributed by atoms with van der Waals surface area (Å²) in [6.07, 6.45) is 0. The van der Waals surface area contributed by atoms with Crippen LogP contribution in [-0.4, -0.2) is 26.8 Å². The van der Waals surface area contributed by atoms with Crippen LogP contribution in [0.4, 0.5) is 15.8 Å². The Morgan fingerprint density at radius 1 is 1.00 bits per heavy atom. The lowest BCUT2D eigenvalue weighted by atomic mass is 10.2. The summed E-state index contributed by atoms with van der Waals surface area (Å²) in [4.78, 5) is 24.8. The molecule has 0 aliphatic rings. The summed E-state index contributed by atoms with van der Waals surface area (Å²) in [7, 11) is 0. The SMILES string of the molecule is Cc1ccccc1NC(=O)Cn1nnc(C(=O)Nc2cc(F)ccc2C)c1C. The number of hydrogen-bond acceptors (Lipinski definition) is 4. The Hall–Kier alpha value is -3.55. The molecule has 1 heterocycles. The zero-order chi connectivity index (χ0) is 20.3. The van der Waals surface area contributed by atoms with Crippen molar-refractivity contribution in [2.75, 3.05) is 10.6 Å². The van der Waals surface area contributed by atoms with Crippen molar-refractivity contribution >= 4 is 23.2 Å². The first-order valence-corrected chi connectivity index (χ1v) is 8.68. The molecule has 0 fully saturated rings. The van der Waals surface area contributed by atoms with Crippen LogP contribution in [0.15, 0.2) is 42.5 Å². The fourth-order valence-corrected chi connectivity index (χ4v) is 2.67. The molecule has 7 nitrogen and oxygen atoms in total. The second-order valence-corrected chi connectivity index (χ2v) is 6.46. The molecule has 1 aromatic heterocycles. The van der Waals surface area contributed by atoms with Gasteiger partial charge in [0.15, 0.2) is 5.69 Å². The van der Waals surface area contributed by atoms with E-state index in [0.29, 0.717) is 17.1 Å². The van der Waals surface area contributed by atoms with Crippen LogP contribution in [0.2, 0.25) is 0 Å². The molecule has 0 saturated carbocycles. The first-order valence-electron chi connectivity index (χ1n) is 8.68. The molecule has 0 spiro atoms. The van der Waals surface area contributed by atoms with Gasteiger partial charge in [-0.15, -0.1) is 5.10 Å². The second kappa shape index (κ2) is 7.99. The highest BCUT2D eigenvalue weighted by molar-refractivity contribution is 6.04. The van der Waals surface area contributed by atoms with Crippen LogP contribution in [0, 0.1) is 26.6 Å². The van der Waals surface area contributed by atoms with E-state index in [1.165, 1.54) is 16.8 Å². The molecule has 8 heteroatoms. The first kappa shape index (κ1) is 19.2. The van der Waals surface area contributed by atoms with Gasteiger partial charge in [0.1, 0.15) is 12.4 Å². The molecule has 0 saturated heterocycles. The zero-order valence-corrected chi connectivity index (χ0v) is 15.8. The van der Waals surface area contributed by atoms with E-state index in [0.717, 1.165) is 11.1 Å². The molecular weight excluding hydrogens is 361 g/mol. The highest BCUT2D eigenvalue weighted by atomic mass is 19.1. The van der Waals surface area contributed by atoms with E-state index in [1.54, 1.807) is 19.9 Å². The molecule has 0 bridgehead atoms. The van der Waals surface area contributed by atoms with Crippen molar-refractivity contribution in [3.05, 3.63) is 70.8 Å². The van der Waals surface area contributed by atoms with Crippen LogP contribution in [0.25, 0.3) is 0 Å². The van der Waals surface area contributed by atoms with Gasteiger partial charge in [-0.05, 0) is 50.1 Å². The number of anilines is 2. The number of benzene rings is 2. The number of para-hydroxylation sites is 1. The number of rotatable bonds is 5. The molecule has 0 aliphatic carbocycles. The lowest BCUT2D eigenvalue weighted by Gasteiger charge is -2.09. The molecule has 0 unspecified atom stereocenters. The number of halogens is 1. The number of carbonyl (C=O) groups excluding carboxylic acids is 2. The van der Waals surface area contributed by atoms with Crippen molar-refractivity contribution in [3.8, 4) is 0 Å². The van der Waals surface area contributed by atoms with Crippen LogP contribution in [0.5, 0.6) is 0 Å². The average molecular weight is 381 g/mol. The Bertz CT molecular complexity index is 1040. The standard InChI is InChI=1S/C20H20FN5O2/c1-12-6-4-5-7-16(12)22-18(27)11-26-14(3)19(24-25-26)20(28)23-17-10-15(21)9-8-13(17)2/h4-10H,11H2,1-3H3,(H,22,27)(H,23,28). The number of amides is 2. The van der Waals surface area contributed by atoms with Gasteiger partial charge in [0.05, 0.1) is 5.69 Å². The van der Waals surface area contributed by atoms with Crippen LogP contribution in [-0.2, 0) is 11.3 Å². The van der Waals surface area contributed by atoms with Crippen LogP contribution in [0.1, 0.15) is 27.3 Å². The smallest absolute Gasteiger partial charge is 0.278 e. The summed E-state index contributed by atoms with van der Waals surface area (Å²) in [5.41, 5.74) is 3.24. The van der Waals surface area contributed by atoms with Crippen molar-refractivity contribution in [1.29, 1.82) is 0 Å². The topological polar surface area (TPSA) is 88.9 Å². The van der Waals surface area contributed by atoms with E-state index in [4.69, 9.17) is 0 Å². The van der Waals surface area contributed by atoms with Crippen LogP contribution in [0.3, 0.4) is 0 Å². The number of aromatic nitrogens is 3. The van der Waals surface area contributed by atoms with Gasteiger partial charge in [-0.2, -0.15) is 0 Å². The summed E-state index contributed by atoms with van der Waals surface area (Å²) in [6.45, 7) is 5.22. The van der Waals surface area contributed by atoms with Gasteiger partial charge in [-0.25, -0.2) is 9.07 Å². The second-order valence-electron chi connectivity index (χ2n) is 6.46. The van der Waals surface area contributed by atoms with Gasteiger partial charge < -0.3 is 10.6 Å². The van der Waals surface area contributed by atoms with Crippen LogP contribution >= 0.6 is 0 Å². The van der Waals surface area contributed by atoms with Gasteiger partial charge in [0.25, 0.3) is 5.91 Å². The molecule has 3 aromatic rings. The van der Waals surface area contributed by atoms with E-state index < -0.39 is 11.7 Å². The average Bonchev–Trinajstić information content (AvgIpc) is 3.00. The van der Waals surface area contributed by atoms with E-state index >= 15 is 0 Å². The fraction of sp³-hybridized carbons (Fsp3) is 0.200. The quantitative estimate of drug-likeness (QED) is 0.710. The van der Waals surface area contributed by atoms with E-state index in [1.807, 2.05) is 31.2 Å². The fourth-order valence-electron chi connectivity index (χ4n) is 2.67. The van der Waals surface area contributed by atoms with Crippen molar-refractivity contribution in [3.63, 3.8) is 0 Å². The third kappa shape index (κ3) is 4.22. The van der Waals surface area contributed by atoms with Gasteiger partial charge >= 0.3 is 0 Å². The molecule has 2 N–H and O–H groups in total. The Balaban J connectivity index is 1.71. The van der Waals surface area contributed by atoms with Crippen molar-refractivity contribution in [2.24, 2.45) is 0 Å². The summed E-state index contributed by atoms with van der Waals surface area (Å²) in [6, 6.07) is 11.6. The maximum atomic E-state index is 13.4. The highest BCUT2D eigenvalue weighted by Crippen LogP contribution is 2.18. The maximum Gasteiger partial charge on any atom is 0.278 e.